The summed E-state index contributed by atoms with van der Waals surface area (Å²) in [4.78, 5) is 0.385. The van der Waals surface area contributed by atoms with E-state index in [-0.39, 0.29) is 12.1 Å². The number of rotatable bonds is 11. The minimum atomic E-state index is -3.58. The van der Waals surface area contributed by atoms with Gasteiger partial charge in [0.25, 0.3) is 0 Å². The van der Waals surface area contributed by atoms with E-state index in [2.05, 4.69) is 6.92 Å². The molecule has 0 aliphatic carbocycles. The number of hydrogen-bond acceptors (Lipinski definition) is 3. The van der Waals surface area contributed by atoms with E-state index >= 15 is 0 Å². The molecule has 1 aliphatic heterocycles. The van der Waals surface area contributed by atoms with Crippen molar-refractivity contribution < 1.29 is 12.8 Å². The Morgan fingerprint density at radius 3 is 2.33 bits per heavy atom. The SMILES string of the molecule is CCCCCCCCC[C@@H]1CCC[C@H](c2ccco2)N1S(=O)(=O)c1ccc(C)cc1. The average molecular weight is 432 g/mol. The Morgan fingerprint density at radius 2 is 1.67 bits per heavy atom. The van der Waals surface area contributed by atoms with Crippen molar-refractivity contribution in [2.24, 2.45) is 0 Å². The van der Waals surface area contributed by atoms with Crippen LogP contribution in [-0.4, -0.2) is 18.8 Å². The molecule has 2 atom stereocenters. The average Bonchev–Trinajstić information content (AvgIpc) is 3.28. The molecule has 0 bridgehead atoms. The minimum absolute atomic E-state index is 0.0378. The van der Waals surface area contributed by atoms with E-state index < -0.39 is 10.0 Å². The third-order valence-corrected chi connectivity index (χ3v) is 8.27. The molecule has 4 nitrogen and oxygen atoms in total. The van der Waals surface area contributed by atoms with Crippen LogP contribution in [-0.2, 0) is 10.0 Å². The van der Waals surface area contributed by atoms with Gasteiger partial charge in [-0.15, -0.1) is 0 Å². The van der Waals surface area contributed by atoms with Crippen molar-refractivity contribution in [2.75, 3.05) is 0 Å². The summed E-state index contributed by atoms with van der Waals surface area (Å²) in [6, 6.07) is 10.8. The van der Waals surface area contributed by atoms with E-state index in [0.717, 1.165) is 43.4 Å². The number of unbranched alkanes of at least 4 members (excludes halogenated alkanes) is 6. The maximum atomic E-state index is 13.7. The van der Waals surface area contributed by atoms with Crippen molar-refractivity contribution in [2.45, 2.75) is 101 Å². The lowest BCUT2D eigenvalue weighted by Crippen LogP contribution is -2.45. The van der Waals surface area contributed by atoms with Gasteiger partial charge >= 0.3 is 0 Å². The van der Waals surface area contributed by atoms with Crippen molar-refractivity contribution in [3.8, 4) is 0 Å². The second-order valence-corrected chi connectivity index (χ2v) is 10.5. The fourth-order valence-corrected chi connectivity index (χ4v) is 6.48. The van der Waals surface area contributed by atoms with Gasteiger partial charge in [0.2, 0.25) is 10.0 Å². The standard InChI is InChI=1S/C25H37NO3S/c1-3-4-5-6-7-8-9-12-22-13-10-14-24(25-15-11-20-29-25)26(22)30(27,28)23-18-16-21(2)17-19-23/h11,15-20,22,24H,3-10,12-14H2,1-2H3/t22-,24-/m1/s1. The zero-order valence-electron chi connectivity index (χ0n) is 18.6. The molecule has 1 aliphatic rings. The molecule has 0 radical (unpaired) electrons. The number of hydrogen-bond donors (Lipinski definition) is 0. The van der Waals surface area contributed by atoms with Gasteiger partial charge in [-0.25, -0.2) is 8.42 Å². The first-order valence-electron chi connectivity index (χ1n) is 11.7. The summed E-state index contributed by atoms with van der Waals surface area (Å²) < 4.78 is 34.9. The molecule has 1 aromatic carbocycles. The predicted molar refractivity (Wildman–Crippen MR) is 122 cm³/mol. The number of sulfonamides is 1. The summed E-state index contributed by atoms with van der Waals surface area (Å²) in [6.45, 7) is 4.22. The van der Waals surface area contributed by atoms with Crippen molar-refractivity contribution >= 4 is 10.0 Å². The van der Waals surface area contributed by atoms with Crippen LogP contribution in [0.4, 0.5) is 0 Å². The predicted octanol–water partition coefficient (Wildman–Crippen LogP) is 7.01. The summed E-state index contributed by atoms with van der Waals surface area (Å²) in [7, 11) is -3.58. The number of nitrogens with zero attached hydrogens (tertiary/aromatic N) is 1. The molecule has 3 rings (SSSR count). The van der Waals surface area contributed by atoms with Crippen LogP contribution >= 0.6 is 0 Å². The van der Waals surface area contributed by atoms with Crippen LogP contribution in [0.5, 0.6) is 0 Å². The second kappa shape index (κ2) is 11.1. The number of aryl methyl sites for hydroxylation is 1. The van der Waals surface area contributed by atoms with E-state index in [1.807, 2.05) is 31.2 Å². The van der Waals surface area contributed by atoms with Crippen molar-refractivity contribution in [1.82, 2.24) is 4.31 Å². The van der Waals surface area contributed by atoms with E-state index in [9.17, 15) is 8.42 Å². The molecule has 2 aromatic rings. The summed E-state index contributed by atoms with van der Waals surface area (Å²) in [6.07, 6.45) is 14.1. The molecule has 1 saturated heterocycles. The van der Waals surface area contributed by atoms with E-state index in [4.69, 9.17) is 4.42 Å². The van der Waals surface area contributed by atoms with Gasteiger partial charge in [-0.1, -0.05) is 69.6 Å². The van der Waals surface area contributed by atoms with Crippen LogP contribution in [0, 0.1) is 6.92 Å². The number of furan rings is 1. The third-order valence-electron chi connectivity index (χ3n) is 6.29. The van der Waals surface area contributed by atoms with Crippen molar-refractivity contribution in [3.63, 3.8) is 0 Å². The summed E-state index contributed by atoms with van der Waals surface area (Å²) in [5, 5.41) is 0. The molecule has 5 heteroatoms. The molecule has 0 unspecified atom stereocenters. The maximum absolute atomic E-state index is 13.7. The summed E-state index contributed by atoms with van der Waals surface area (Å²) >= 11 is 0. The Morgan fingerprint density at radius 1 is 0.967 bits per heavy atom. The van der Waals surface area contributed by atoms with E-state index in [1.54, 1.807) is 22.7 Å². The topological polar surface area (TPSA) is 50.5 Å². The highest BCUT2D eigenvalue weighted by atomic mass is 32.2. The van der Waals surface area contributed by atoms with Gasteiger partial charge in [0.05, 0.1) is 17.2 Å². The van der Waals surface area contributed by atoms with Crippen LogP contribution in [0.15, 0.2) is 52.0 Å². The Hall–Kier alpha value is -1.59. The first-order valence-corrected chi connectivity index (χ1v) is 13.1. The van der Waals surface area contributed by atoms with Crippen LogP contribution < -0.4 is 0 Å². The van der Waals surface area contributed by atoms with Gasteiger partial charge < -0.3 is 4.42 Å². The van der Waals surface area contributed by atoms with Crippen molar-refractivity contribution in [3.05, 3.63) is 54.0 Å². The monoisotopic (exact) mass is 431 g/mol. The first-order chi connectivity index (χ1) is 14.5. The molecule has 1 aromatic heterocycles. The van der Waals surface area contributed by atoms with Crippen LogP contribution in [0.3, 0.4) is 0 Å². The van der Waals surface area contributed by atoms with Gasteiger partial charge in [-0.05, 0) is 56.9 Å². The smallest absolute Gasteiger partial charge is 0.243 e. The van der Waals surface area contributed by atoms with Gasteiger partial charge in [0, 0.05) is 6.04 Å². The molecule has 2 heterocycles. The fraction of sp³-hybridized carbons (Fsp3) is 0.600. The highest BCUT2D eigenvalue weighted by Gasteiger charge is 2.41. The molecule has 0 amide bonds. The zero-order chi connectivity index (χ0) is 21.4. The summed E-state index contributed by atoms with van der Waals surface area (Å²) in [5.74, 6) is 0.759. The molecule has 0 N–H and O–H groups in total. The molecule has 1 fully saturated rings. The van der Waals surface area contributed by atoms with E-state index in [0.29, 0.717) is 4.90 Å². The third kappa shape index (κ3) is 5.76. The minimum Gasteiger partial charge on any atom is -0.468 e. The van der Waals surface area contributed by atoms with Gasteiger partial charge in [-0.2, -0.15) is 4.31 Å². The lowest BCUT2D eigenvalue weighted by atomic mass is 9.93. The van der Waals surface area contributed by atoms with Gasteiger partial charge in [-0.3, -0.25) is 0 Å². The molecule has 0 saturated carbocycles. The Kier molecular flexibility index (Phi) is 8.58. The first kappa shape index (κ1) is 23.1. The van der Waals surface area contributed by atoms with Crippen LogP contribution in [0.1, 0.15) is 94.9 Å². The maximum Gasteiger partial charge on any atom is 0.243 e. The highest BCUT2D eigenvalue weighted by Crippen LogP contribution is 2.40. The zero-order valence-corrected chi connectivity index (χ0v) is 19.4. The normalized spacial score (nSPS) is 20.5. The Bertz CT molecular complexity index is 843. The number of piperidine rings is 1. The Labute approximate surface area is 182 Å². The summed E-state index contributed by atoms with van der Waals surface area (Å²) in [5.41, 5.74) is 1.06. The largest absolute Gasteiger partial charge is 0.468 e. The highest BCUT2D eigenvalue weighted by molar-refractivity contribution is 7.89. The lowest BCUT2D eigenvalue weighted by molar-refractivity contribution is 0.151. The molecular weight excluding hydrogens is 394 g/mol. The molecular formula is C25H37NO3S. The van der Waals surface area contributed by atoms with E-state index in [1.165, 1.54) is 38.5 Å². The molecule has 30 heavy (non-hydrogen) atoms. The van der Waals surface area contributed by atoms with Gasteiger partial charge in [0.15, 0.2) is 0 Å². The molecule has 166 valence electrons. The van der Waals surface area contributed by atoms with Gasteiger partial charge in [0.1, 0.15) is 5.76 Å². The second-order valence-electron chi connectivity index (χ2n) is 8.67. The Balaban J connectivity index is 1.75. The quantitative estimate of drug-likeness (QED) is 0.359. The molecule has 0 spiro atoms. The van der Waals surface area contributed by atoms with Crippen molar-refractivity contribution in [1.29, 1.82) is 0 Å². The van der Waals surface area contributed by atoms with Crippen LogP contribution in [0.2, 0.25) is 0 Å². The fourth-order valence-electron chi connectivity index (χ4n) is 4.61. The van der Waals surface area contributed by atoms with Crippen LogP contribution in [0.25, 0.3) is 0 Å². The lowest BCUT2D eigenvalue weighted by Gasteiger charge is -2.40. The number of benzene rings is 1.